The molecule has 6 rings (SSSR count). The van der Waals surface area contributed by atoms with Crippen LogP contribution in [0.3, 0.4) is 0 Å². The second-order valence-electron chi connectivity index (χ2n) is 15.3. The number of nitrogens with zero attached hydrogens (tertiary/aromatic N) is 2. The molecule has 2 aromatic carbocycles. The fourth-order valence-corrected chi connectivity index (χ4v) is 11.2. The maximum Gasteiger partial charge on any atom is 1.00 e. The molecule has 4 N–H and O–H groups in total. The van der Waals surface area contributed by atoms with Crippen LogP contribution in [0.2, 0.25) is 0 Å². The first-order chi connectivity index (χ1) is 25.8. The van der Waals surface area contributed by atoms with Crippen molar-refractivity contribution in [2.24, 2.45) is 0 Å². The molecule has 0 aromatic heterocycles. The second kappa shape index (κ2) is 16.8. The van der Waals surface area contributed by atoms with E-state index in [0.29, 0.717) is 69.2 Å². The molecule has 0 radical (unpaired) electrons. The zero-order chi connectivity index (χ0) is 40.0. The van der Waals surface area contributed by atoms with E-state index in [2.05, 4.69) is 4.90 Å². The first-order valence-corrected chi connectivity index (χ1v) is 23.0. The van der Waals surface area contributed by atoms with Crippen LogP contribution in [0.15, 0.2) is 81.9 Å². The number of carbonyl (C=O) groups is 1. The van der Waals surface area contributed by atoms with Gasteiger partial charge < -0.3 is 16.3 Å². The van der Waals surface area contributed by atoms with Crippen molar-refractivity contribution in [1.82, 2.24) is 0 Å². The molecule has 0 saturated heterocycles. The molecular formula is C39H49N2NaO11S3. The van der Waals surface area contributed by atoms with Crippen LogP contribution in [0.4, 0.5) is 11.4 Å². The van der Waals surface area contributed by atoms with Crippen LogP contribution in [0.1, 0.15) is 95.3 Å². The van der Waals surface area contributed by atoms with E-state index in [-0.39, 0.29) is 53.6 Å². The van der Waals surface area contributed by atoms with Gasteiger partial charge in [0.15, 0.2) is 0 Å². The molecule has 300 valence electrons. The largest absolute Gasteiger partial charge is 1.00 e. The SMILES string of the molecule is CC1(CCCCS(=O)(=O)O)C(/C=C/C=C/C=C2\N3CCCc4ccc(S(=O)(=O)O)c(c43)C2(C)CCCCCC(=O)O)=CN2CCc3ccc(S(=O)(=O)O)c1c32.[H-].[Na+]. The smallest absolute Gasteiger partial charge is 1.00 e. The van der Waals surface area contributed by atoms with Crippen LogP contribution in [-0.2, 0) is 58.8 Å². The Morgan fingerprint density at radius 1 is 0.768 bits per heavy atom. The number of anilines is 2. The fraction of sp³-hybridized carbons (Fsp3) is 0.462. The minimum Gasteiger partial charge on any atom is -1.00 e. The summed E-state index contributed by atoms with van der Waals surface area (Å²) >= 11 is 0. The fourth-order valence-electron chi connectivity index (χ4n) is 9.00. The molecule has 0 bridgehead atoms. The molecule has 56 heavy (non-hydrogen) atoms. The Morgan fingerprint density at radius 2 is 1.38 bits per heavy atom. The van der Waals surface area contributed by atoms with Gasteiger partial charge in [0.25, 0.3) is 30.4 Å². The van der Waals surface area contributed by atoms with Crippen LogP contribution in [-0.4, -0.2) is 68.8 Å². The van der Waals surface area contributed by atoms with Crippen molar-refractivity contribution in [3.63, 3.8) is 0 Å². The topological polar surface area (TPSA) is 207 Å². The molecule has 4 aliphatic heterocycles. The molecule has 2 aromatic rings. The quantitative estimate of drug-likeness (QED) is 0.0826. The number of rotatable bonds is 16. The molecule has 0 aliphatic carbocycles. The van der Waals surface area contributed by atoms with Crippen molar-refractivity contribution in [3.8, 4) is 0 Å². The van der Waals surface area contributed by atoms with Gasteiger partial charge in [-0.3, -0.25) is 18.5 Å². The summed E-state index contributed by atoms with van der Waals surface area (Å²) in [4.78, 5) is 14.9. The van der Waals surface area contributed by atoms with E-state index in [9.17, 15) is 43.7 Å². The normalized spacial score (nSPS) is 22.4. The third-order valence-electron chi connectivity index (χ3n) is 11.5. The summed E-state index contributed by atoms with van der Waals surface area (Å²) in [5.74, 6) is -1.31. The van der Waals surface area contributed by atoms with Gasteiger partial charge in [-0.25, -0.2) is 0 Å². The molecule has 2 unspecified atom stereocenters. The number of allylic oxidation sites excluding steroid dienone is 7. The number of aryl methyl sites for hydroxylation is 1. The molecule has 17 heteroatoms. The van der Waals surface area contributed by atoms with Gasteiger partial charge in [0, 0.05) is 64.7 Å². The third kappa shape index (κ3) is 8.93. The van der Waals surface area contributed by atoms with Crippen LogP contribution in [0.5, 0.6) is 0 Å². The molecular weight excluding hydrogens is 792 g/mol. The Morgan fingerprint density at radius 3 is 2.00 bits per heavy atom. The zero-order valence-corrected chi connectivity index (χ0v) is 36.4. The molecule has 0 spiro atoms. The van der Waals surface area contributed by atoms with E-state index >= 15 is 0 Å². The van der Waals surface area contributed by atoms with Gasteiger partial charge in [0.2, 0.25) is 0 Å². The van der Waals surface area contributed by atoms with E-state index in [1.807, 2.05) is 55.3 Å². The number of hydrogen-bond donors (Lipinski definition) is 4. The predicted molar refractivity (Wildman–Crippen MR) is 210 cm³/mol. The Hall–Kier alpha value is -2.80. The van der Waals surface area contributed by atoms with Crippen LogP contribution in [0, 0.1) is 0 Å². The number of aliphatic carboxylic acids is 1. The van der Waals surface area contributed by atoms with Crippen molar-refractivity contribution >= 4 is 47.7 Å². The molecule has 0 fully saturated rings. The molecule has 0 saturated carbocycles. The molecule has 0 amide bonds. The van der Waals surface area contributed by atoms with Gasteiger partial charge >= 0.3 is 35.5 Å². The summed E-state index contributed by atoms with van der Waals surface area (Å²) in [7, 11) is -13.4. The maximum atomic E-state index is 12.7. The first-order valence-electron chi connectivity index (χ1n) is 18.5. The average Bonchev–Trinajstić information content (AvgIpc) is 3.61. The van der Waals surface area contributed by atoms with Crippen molar-refractivity contribution in [1.29, 1.82) is 0 Å². The zero-order valence-electron chi connectivity index (χ0n) is 32.9. The predicted octanol–water partition coefficient (Wildman–Crippen LogP) is 3.63. The molecule has 13 nitrogen and oxygen atoms in total. The number of carboxylic acids is 1. The van der Waals surface area contributed by atoms with Gasteiger partial charge in [-0.1, -0.05) is 62.6 Å². The van der Waals surface area contributed by atoms with Crippen LogP contribution >= 0.6 is 0 Å². The summed E-state index contributed by atoms with van der Waals surface area (Å²) in [6, 6.07) is 6.37. The first kappa shape index (κ1) is 44.3. The monoisotopic (exact) mass is 840 g/mol. The van der Waals surface area contributed by atoms with E-state index in [1.54, 1.807) is 12.1 Å². The van der Waals surface area contributed by atoms with Crippen LogP contribution in [0.25, 0.3) is 0 Å². The summed E-state index contributed by atoms with van der Waals surface area (Å²) in [5, 5.41) is 9.13. The van der Waals surface area contributed by atoms with Crippen molar-refractivity contribution in [2.45, 2.75) is 105 Å². The summed E-state index contributed by atoms with van der Waals surface area (Å²) in [6.45, 7) is 5.10. The van der Waals surface area contributed by atoms with E-state index in [1.165, 1.54) is 12.1 Å². The molecule has 4 heterocycles. The summed E-state index contributed by atoms with van der Waals surface area (Å²) in [5.41, 5.74) is 4.28. The van der Waals surface area contributed by atoms with Crippen molar-refractivity contribution in [2.75, 3.05) is 28.6 Å². The van der Waals surface area contributed by atoms with Crippen molar-refractivity contribution < 1.29 is 79.8 Å². The van der Waals surface area contributed by atoms with Gasteiger partial charge in [-0.15, -0.1) is 0 Å². The summed E-state index contributed by atoms with van der Waals surface area (Å²) in [6.07, 6.45) is 16.6. The standard InChI is InChI=1S/C39H48N2O11S3.Na.H/c1-38(21-9-10-25-53(44,45)46)29(26-40-24-20-28-17-19-30(54(47,48)49)34(38)36(28)40)13-5-3-6-14-32-39(2,22-8-4-7-15-33(42)43)35-31(55(50,51)52)18-16-27-12-11-23-41(32)37(27)35;;/h3,5-6,13-14,16-19,26H,4,7-12,15,20-25H2,1-2H3,(H,42,43)(H,44,45,46)(H,47,48,49)(H,50,51,52);;/q;+1;-1/b6-3+,13-5+,32-14-;;. The minimum atomic E-state index is -4.63. The average molecular weight is 841 g/mol. The van der Waals surface area contributed by atoms with E-state index in [4.69, 9.17) is 5.11 Å². The number of carboxylic acid groups (broad SMARTS) is 1. The van der Waals surface area contributed by atoms with Gasteiger partial charge in [-0.2, -0.15) is 25.3 Å². The van der Waals surface area contributed by atoms with Crippen LogP contribution < -0.4 is 39.4 Å². The number of unbranched alkanes of at least 4 members (excludes halogenated alkanes) is 3. The Balaban J connectivity index is 0.00000360. The number of benzene rings is 2. The van der Waals surface area contributed by atoms with Crippen molar-refractivity contribution in [3.05, 3.63) is 94.4 Å². The third-order valence-corrected chi connectivity index (χ3v) is 14.1. The minimum absolute atomic E-state index is 0. The second-order valence-corrected chi connectivity index (χ2v) is 19.6. The van der Waals surface area contributed by atoms with E-state index in [0.717, 1.165) is 46.6 Å². The molecule has 2 atom stereocenters. The van der Waals surface area contributed by atoms with Gasteiger partial charge in [-0.05, 0) is 86.8 Å². The number of hydrogen-bond acceptors (Lipinski definition) is 9. The van der Waals surface area contributed by atoms with Gasteiger partial charge in [0.1, 0.15) is 9.79 Å². The Kier molecular flexibility index (Phi) is 13.3. The Labute approximate surface area is 353 Å². The Bertz CT molecular complexity index is 2360. The molecule has 4 aliphatic rings. The van der Waals surface area contributed by atoms with Gasteiger partial charge in [0.05, 0.1) is 5.75 Å². The summed E-state index contributed by atoms with van der Waals surface area (Å²) < 4.78 is 104. The maximum absolute atomic E-state index is 12.7. The van der Waals surface area contributed by atoms with E-state index < -0.39 is 52.9 Å².